The highest BCUT2D eigenvalue weighted by Crippen LogP contribution is 2.45. The number of rotatable bonds is 4. The van der Waals surface area contributed by atoms with Crippen LogP contribution in [0.1, 0.15) is 56.4 Å². The maximum absolute atomic E-state index is 12.7. The van der Waals surface area contributed by atoms with Crippen LogP contribution < -0.4 is 12.4 Å². The van der Waals surface area contributed by atoms with Gasteiger partial charge in [-0.1, -0.05) is 30.3 Å². The van der Waals surface area contributed by atoms with Gasteiger partial charge in [0.1, 0.15) is 12.0 Å². The van der Waals surface area contributed by atoms with Crippen molar-refractivity contribution < 1.29 is 31.5 Å². The lowest BCUT2D eigenvalue weighted by Gasteiger charge is -2.51. The summed E-state index contributed by atoms with van der Waals surface area (Å²) < 4.78 is 7.22. The maximum Gasteiger partial charge on any atom is 0.316 e. The molecule has 3 atom stereocenters. The van der Waals surface area contributed by atoms with Gasteiger partial charge >= 0.3 is 5.97 Å². The van der Waals surface area contributed by atoms with Crippen molar-refractivity contribution in [2.45, 2.75) is 69.1 Å². The van der Waals surface area contributed by atoms with Crippen molar-refractivity contribution in [3.63, 3.8) is 0 Å². The van der Waals surface area contributed by atoms with Crippen LogP contribution in [-0.2, 0) is 9.53 Å². The van der Waals surface area contributed by atoms with Crippen LogP contribution in [0.2, 0.25) is 0 Å². The van der Waals surface area contributed by atoms with E-state index in [0.717, 1.165) is 18.4 Å². The number of carbonyl (C=O) groups is 1. The molecule has 3 saturated heterocycles. The van der Waals surface area contributed by atoms with Crippen LogP contribution in [0.15, 0.2) is 30.3 Å². The van der Waals surface area contributed by atoms with Crippen molar-refractivity contribution >= 4 is 5.97 Å². The second kappa shape index (κ2) is 8.28. The normalized spacial score (nSPS) is 30.4. The van der Waals surface area contributed by atoms with Gasteiger partial charge in [0.05, 0.1) is 31.8 Å². The minimum absolute atomic E-state index is 0. The summed E-state index contributed by atoms with van der Waals surface area (Å²) in [4.78, 5) is 12.7. The summed E-state index contributed by atoms with van der Waals surface area (Å²) in [6.45, 7) is 2.47. The van der Waals surface area contributed by atoms with Crippen molar-refractivity contribution in [3.8, 4) is 0 Å². The Morgan fingerprint density at radius 1 is 1.08 bits per heavy atom. The third kappa shape index (κ3) is 3.51. The van der Waals surface area contributed by atoms with E-state index in [1.54, 1.807) is 0 Å². The molecule has 1 spiro atoms. The van der Waals surface area contributed by atoms with Crippen LogP contribution in [0.4, 0.5) is 0 Å². The zero-order valence-corrected chi connectivity index (χ0v) is 16.1. The molecular formula is C21H30ClNO3. The third-order valence-corrected chi connectivity index (χ3v) is 6.96. The predicted octanol–water partition coefficient (Wildman–Crippen LogP) is 0.00380. The monoisotopic (exact) mass is 379 g/mol. The van der Waals surface area contributed by atoms with Crippen LogP contribution in [-0.4, -0.2) is 53.4 Å². The molecule has 3 aliphatic rings. The Kier molecular flexibility index (Phi) is 6.26. The first-order valence-corrected chi connectivity index (χ1v) is 9.95. The molecule has 1 aromatic rings. The van der Waals surface area contributed by atoms with Crippen molar-refractivity contribution in [1.82, 2.24) is 0 Å². The number of aliphatic hydroxyl groups is 1. The maximum atomic E-state index is 12.7. The van der Waals surface area contributed by atoms with Crippen LogP contribution in [0, 0.1) is 0 Å². The standard InChI is InChI=1S/C21H30NO3.ClH/c23-15-20(16-7-3-1-4-8-16)21(24)25-19-13-17-9-10-18(14-19)22(17)11-5-2-6-12-22;/h1,3-4,7-8,17-20,23H,2,5-6,9-15H2;1H/q+1;/p-1. The van der Waals surface area contributed by atoms with Gasteiger partial charge in [0.25, 0.3) is 0 Å². The van der Waals surface area contributed by atoms with E-state index in [1.807, 2.05) is 30.3 Å². The fourth-order valence-corrected chi connectivity index (χ4v) is 5.73. The lowest BCUT2D eigenvalue weighted by molar-refractivity contribution is -0.970. The van der Waals surface area contributed by atoms with E-state index in [9.17, 15) is 9.90 Å². The first-order chi connectivity index (χ1) is 12.2. The number of piperidine rings is 2. The van der Waals surface area contributed by atoms with Gasteiger partial charge in [0, 0.05) is 25.7 Å². The van der Waals surface area contributed by atoms with Crippen molar-refractivity contribution in [2.75, 3.05) is 19.7 Å². The van der Waals surface area contributed by atoms with E-state index in [0.29, 0.717) is 12.1 Å². The van der Waals surface area contributed by atoms with Gasteiger partial charge in [-0.2, -0.15) is 0 Å². The molecule has 0 saturated carbocycles. The smallest absolute Gasteiger partial charge is 0.316 e. The topological polar surface area (TPSA) is 46.5 Å². The van der Waals surface area contributed by atoms with Crippen molar-refractivity contribution in [2.24, 2.45) is 0 Å². The molecule has 2 bridgehead atoms. The second-order valence-corrected chi connectivity index (χ2v) is 8.17. The van der Waals surface area contributed by atoms with E-state index in [-0.39, 0.29) is 31.1 Å². The highest BCUT2D eigenvalue weighted by molar-refractivity contribution is 5.78. The Balaban J connectivity index is 0.00000196. The molecule has 0 aromatic heterocycles. The molecule has 3 unspecified atom stereocenters. The average Bonchev–Trinajstić information content (AvgIpc) is 2.83. The predicted molar refractivity (Wildman–Crippen MR) is 96.0 cm³/mol. The molecule has 144 valence electrons. The Morgan fingerprint density at radius 2 is 1.69 bits per heavy atom. The van der Waals surface area contributed by atoms with E-state index in [4.69, 9.17) is 4.74 Å². The number of nitrogens with zero attached hydrogens (tertiary/aromatic N) is 1. The SMILES string of the molecule is O=C(OC1CC2CCC(C1)[N+]21CCCCC1)C(CO)c1ccccc1.[Cl-]. The molecule has 4 rings (SSSR count). The summed E-state index contributed by atoms with van der Waals surface area (Å²) in [5, 5.41) is 9.69. The Labute approximate surface area is 162 Å². The third-order valence-electron chi connectivity index (χ3n) is 6.96. The highest BCUT2D eigenvalue weighted by Gasteiger charge is 2.55. The Hall–Kier alpha value is -1.10. The number of ether oxygens (including phenoxy) is 1. The number of carbonyl (C=O) groups excluding carboxylic acids is 1. The molecule has 0 amide bonds. The number of quaternary nitrogens is 1. The summed E-state index contributed by atoms with van der Waals surface area (Å²) >= 11 is 0. The molecule has 1 aromatic carbocycles. The summed E-state index contributed by atoms with van der Waals surface area (Å²) in [6, 6.07) is 10.9. The molecule has 5 heteroatoms. The van der Waals surface area contributed by atoms with Crippen molar-refractivity contribution in [3.05, 3.63) is 35.9 Å². The minimum atomic E-state index is -0.557. The van der Waals surface area contributed by atoms with Gasteiger partial charge in [-0.05, 0) is 24.8 Å². The molecule has 3 heterocycles. The molecule has 1 N–H and O–H groups in total. The van der Waals surface area contributed by atoms with Crippen LogP contribution in [0.25, 0.3) is 0 Å². The molecule has 3 fully saturated rings. The number of halogens is 1. The van der Waals surface area contributed by atoms with Gasteiger partial charge in [0.2, 0.25) is 0 Å². The summed E-state index contributed by atoms with van der Waals surface area (Å²) in [7, 11) is 0. The number of hydrogen-bond donors (Lipinski definition) is 1. The van der Waals surface area contributed by atoms with E-state index < -0.39 is 5.92 Å². The lowest BCUT2D eigenvalue weighted by Crippen LogP contribution is -3.00. The van der Waals surface area contributed by atoms with Gasteiger partial charge in [-0.25, -0.2) is 0 Å². The van der Waals surface area contributed by atoms with Gasteiger partial charge < -0.3 is 26.7 Å². The zero-order chi connectivity index (χ0) is 17.3. The van der Waals surface area contributed by atoms with E-state index in [2.05, 4.69) is 0 Å². The van der Waals surface area contributed by atoms with E-state index >= 15 is 0 Å². The summed E-state index contributed by atoms with van der Waals surface area (Å²) in [5.41, 5.74) is 0.841. The van der Waals surface area contributed by atoms with Gasteiger partial charge in [0.15, 0.2) is 0 Å². The molecular weight excluding hydrogens is 350 g/mol. The average molecular weight is 380 g/mol. The van der Waals surface area contributed by atoms with Crippen LogP contribution in [0.3, 0.4) is 0 Å². The number of hydrogen-bond acceptors (Lipinski definition) is 3. The fraction of sp³-hybridized carbons (Fsp3) is 0.667. The fourth-order valence-electron chi connectivity index (χ4n) is 5.73. The summed E-state index contributed by atoms with van der Waals surface area (Å²) in [6.07, 6.45) is 8.74. The lowest BCUT2D eigenvalue weighted by atomic mass is 9.91. The first-order valence-electron chi connectivity index (χ1n) is 9.95. The Morgan fingerprint density at radius 3 is 2.27 bits per heavy atom. The molecule has 0 aliphatic carbocycles. The molecule has 26 heavy (non-hydrogen) atoms. The van der Waals surface area contributed by atoms with Gasteiger partial charge in [-0.15, -0.1) is 0 Å². The largest absolute Gasteiger partial charge is 1.00 e. The van der Waals surface area contributed by atoms with E-state index in [1.165, 1.54) is 49.7 Å². The quantitative estimate of drug-likeness (QED) is 0.592. The molecule has 0 radical (unpaired) electrons. The zero-order valence-electron chi connectivity index (χ0n) is 15.4. The molecule has 4 nitrogen and oxygen atoms in total. The number of aliphatic hydroxyl groups excluding tert-OH is 1. The number of esters is 1. The highest BCUT2D eigenvalue weighted by atomic mass is 35.5. The first kappa shape index (κ1) is 19.7. The van der Waals surface area contributed by atoms with Gasteiger partial charge in [-0.3, -0.25) is 4.79 Å². The number of benzene rings is 1. The minimum Gasteiger partial charge on any atom is -1.00 e. The van der Waals surface area contributed by atoms with Crippen LogP contribution in [0.5, 0.6) is 0 Å². The molecule has 3 aliphatic heterocycles. The summed E-state index contributed by atoms with van der Waals surface area (Å²) in [5.74, 6) is -0.816. The Bertz CT molecular complexity index is 587. The van der Waals surface area contributed by atoms with Crippen LogP contribution >= 0.6 is 0 Å². The second-order valence-electron chi connectivity index (χ2n) is 8.17. The van der Waals surface area contributed by atoms with Crippen molar-refractivity contribution in [1.29, 1.82) is 0 Å².